The van der Waals surface area contributed by atoms with E-state index in [1.807, 2.05) is 39.0 Å². The highest BCUT2D eigenvalue weighted by molar-refractivity contribution is 6.20. The molecule has 1 saturated heterocycles. The Bertz CT molecular complexity index is 501. The molecule has 0 amide bonds. The molecular formula is C20H34ClN3O. The number of hydrogen-bond donors (Lipinski definition) is 2. The molecule has 5 heteroatoms. The number of ether oxygens (including phenoxy) is 1. The van der Waals surface area contributed by atoms with E-state index in [-0.39, 0.29) is 0 Å². The maximum atomic E-state index is 5.96. The number of halogens is 1. The lowest BCUT2D eigenvalue weighted by Crippen LogP contribution is -2.26. The zero-order chi connectivity index (χ0) is 19.1. The molecule has 4 nitrogen and oxygen atoms in total. The van der Waals surface area contributed by atoms with Crippen LogP contribution in [0, 0.1) is 5.92 Å². The van der Waals surface area contributed by atoms with Crippen molar-refractivity contribution < 1.29 is 4.74 Å². The van der Waals surface area contributed by atoms with E-state index in [1.165, 1.54) is 0 Å². The molecule has 0 bridgehead atoms. The van der Waals surface area contributed by atoms with Crippen molar-refractivity contribution in [2.24, 2.45) is 16.6 Å². The molecule has 0 saturated carbocycles. The molecular weight excluding hydrogens is 334 g/mol. The number of rotatable bonds is 8. The van der Waals surface area contributed by atoms with Crippen molar-refractivity contribution in [2.75, 3.05) is 32.7 Å². The fraction of sp³-hybridized carbons (Fsp3) is 0.550. The van der Waals surface area contributed by atoms with E-state index < -0.39 is 0 Å². The SMILES string of the molecule is C=C(\C=C/C=C(C)/C(=C/C(N)=NC)CCl)NCC1CCOCC1.CC. The predicted molar refractivity (Wildman–Crippen MR) is 111 cm³/mol. The molecule has 3 N–H and O–H groups in total. The minimum absolute atomic E-state index is 0.398. The van der Waals surface area contributed by atoms with Crippen LogP contribution in [0.5, 0.6) is 0 Å². The van der Waals surface area contributed by atoms with Gasteiger partial charge in [-0.2, -0.15) is 0 Å². The quantitative estimate of drug-likeness (QED) is 0.292. The Balaban J connectivity index is 0.00000277. The number of allylic oxidation sites excluding steroid dienone is 5. The Morgan fingerprint density at radius 1 is 1.36 bits per heavy atom. The fourth-order valence-corrected chi connectivity index (χ4v) is 2.49. The molecule has 25 heavy (non-hydrogen) atoms. The van der Waals surface area contributed by atoms with Gasteiger partial charge in [-0.3, -0.25) is 4.99 Å². The predicted octanol–water partition coefficient (Wildman–Crippen LogP) is 4.20. The lowest BCUT2D eigenvalue weighted by molar-refractivity contribution is 0.0671. The molecule has 1 heterocycles. The summed E-state index contributed by atoms with van der Waals surface area (Å²) in [4.78, 5) is 3.92. The van der Waals surface area contributed by atoms with Crippen LogP contribution in [0.15, 0.2) is 52.7 Å². The number of nitrogens with one attached hydrogen (secondary N) is 1. The number of alkyl halides is 1. The standard InChI is InChI=1S/C18H28ClN3O.C2H6/c1-14(17(12-19)11-18(20)21-3)5-4-6-15(2)22-13-16-7-9-23-10-8-16;1-2/h4-6,11,16,22H,2,7-10,12-13H2,1,3H3,(H2,20,21);1-2H3/b6-4-,14-5+,17-11+;. The van der Waals surface area contributed by atoms with Crippen molar-refractivity contribution in [1.82, 2.24) is 5.32 Å². The number of nitrogens with two attached hydrogens (primary N) is 1. The van der Waals surface area contributed by atoms with Crippen molar-refractivity contribution >= 4 is 17.4 Å². The van der Waals surface area contributed by atoms with Gasteiger partial charge in [-0.1, -0.05) is 32.6 Å². The first-order chi connectivity index (χ1) is 12.1. The topological polar surface area (TPSA) is 59.6 Å². The first-order valence-corrected chi connectivity index (χ1v) is 9.45. The minimum atomic E-state index is 0.398. The van der Waals surface area contributed by atoms with Gasteiger partial charge in [0.1, 0.15) is 5.84 Å². The van der Waals surface area contributed by atoms with Crippen LogP contribution < -0.4 is 11.1 Å². The van der Waals surface area contributed by atoms with Gasteiger partial charge in [0.05, 0.1) is 0 Å². The highest BCUT2D eigenvalue weighted by atomic mass is 35.5. The van der Waals surface area contributed by atoms with Crippen molar-refractivity contribution in [3.63, 3.8) is 0 Å². The van der Waals surface area contributed by atoms with Gasteiger partial charge in [0.25, 0.3) is 0 Å². The Kier molecular flexibility index (Phi) is 13.9. The maximum absolute atomic E-state index is 5.96. The lowest BCUT2D eigenvalue weighted by Gasteiger charge is -2.22. The minimum Gasteiger partial charge on any atom is -0.385 e. The zero-order valence-electron chi connectivity index (χ0n) is 16.1. The van der Waals surface area contributed by atoms with Crippen molar-refractivity contribution in [3.05, 3.63) is 47.7 Å². The van der Waals surface area contributed by atoms with E-state index in [9.17, 15) is 0 Å². The van der Waals surface area contributed by atoms with E-state index in [4.69, 9.17) is 22.1 Å². The van der Waals surface area contributed by atoms with Crippen molar-refractivity contribution in [1.29, 1.82) is 0 Å². The molecule has 0 aromatic heterocycles. The number of aliphatic imine (C=N–C) groups is 1. The normalized spacial score (nSPS) is 17.2. The molecule has 1 rings (SSSR count). The summed E-state index contributed by atoms with van der Waals surface area (Å²) in [6.45, 7) is 12.7. The van der Waals surface area contributed by atoms with Crippen LogP contribution in [-0.2, 0) is 4.74 Å². The second-order valence-corrected chi connectivity index (χ2v) is 5.89. The molecule has 1 aliphatic rings. The largest absolute Gasteiger partial charge is 0.385 e. The van der Waals surface area contributed by atoms with Gasteiger partial charge in [-0.25, -0.2) is 0 Å². The van der Waals surface area contributed by atoms with Crippen LogP contribution in [0.1, 0.15) is 33.6 Å². The number of nitrogens with zero attached hydrogens (tertiary/aromatic N) is 1. The highest BCUT2D eigenvalue weighted by Gasteiger charge is 2.12. The van der Waals surface area contributed by atoms with Gasteiger partial charge in [-0.05, 0) is 49.0 Å². The van der Waals surface area contributed by atoms with Gasteiger partial charge in [0.15, 0.2) is 0 Å². The van der Waals surface area contributed by atoms with Crippen molar-refractivity contribution in [2.45, 2.75) is 33.6 Å². The van der Waals surface area contributed by atoms with Crippen LogP contribution in [0.4, 0.5) is 0 Å². The van der Waals surface area contributed by atoms with Crippen LogP contribution >= 0.6 is 11.6 Å². The average Bonchev–Trinajstić information content (AvgIpc) is 2.66. The summed E-state index contributed by atoms with van der Waals surface area (Å²) in [5, 5.41) is 3.36. The van der Waals surface area contributed by atoms with Gasteiger partial charge in [0.2, 0.25) is 0 Å². The van der Waals surface area contributed by atoms with E-state index in [2.05, 4.69) is 16.9 Å². The maximum Gasteiger partial charge on any atom is 0.118 e. The summed E-state index contributed by atoms with van der Waals surface area (Å²) in [6.07, 6.45) is 9.96. The third kappa shape index (κ3) is 10.8. The fourth-order valence-electron chi connectivity index (χ4n) is 2.20. The summed E-state index contributed by atoms with van der Waals surface area (Å²) in [6, 6.07) is 0. The molecule has 1 fully saturated rings. The van der Waals surface area contributed by atoms with E-state index >= 15 is 0 Å². The molecule has 0 spiro atoms. The average molecular weight is 368 g/mol. The van der Waals surface area contributed by atoms with E-state index in [1.54, 1.807) is 13.1 Å². The van der Waals surface area contributed by atoms with Crippen LogP contribution in [0.25, 0.3) is 0 Å². The van der Waals surface area contributed by atoms with Crippen LogP contribution in [0.2, 0.25) is 0 Å². The Labute approximate surface area is 158 Å². The number of amidine groups is 1. The third-order valence-electron chi connectivity index (χ3n) is 3.83. The van der Waals surface area contributed by atoms with Crippen molar-refractivity contribution in [3.8, 4) is 0 Å². The highest BCUT2D eigenvalue weighted by Crippen LogP contribution is 2.14. The van der Waals surface area contributed by atoms with Gasteiger partial charge in [0, 0.05) is 38.4 Å². The summed E-state index contributed by atoms with van der Waals surface area (Å²) in [5.41, 5.74) is 8.63. The third-order valence-corrected chi connectivity index (χ3v) is 4.12. The summed E-state index contributed by atoms with van der Waals surface area (Å²) in [5.74, 6) is 1.54. The van der Waals surface area contributed by atoms with Gasteiger partial charge < -0.3 is 15.8 Å². The molecule has 0 radical (unpaired) electrons. The van der Waals surface area contributed by atoms with Gasteiger partial charge in [-0.15, -0.1) is 11.6 Å². The summed E-state index contributed by atoms with van der Waals surface area (Å²) >= 11 is 5.96. The molecule has 0 aliphatic carbocycles. The Morgan fingerprint density at radius 3 is 2.56 bits per heavy atom. The molecule has 0 aromatic rings. The van der Waals surface area contributed by atoms with E-state index in [0.717, 1.165) is 49.4 Å². The first-order valence-electron chi connectivity index (χ1n) is 8.91. The first kappa shape index (κ1) is 23.5. The Hall–Kier alpha value is -1.52. The second-order valence-electron chi connectivity index (χ2n) is 5.62. The van der Waals surface area contributed by atoms with Crippen LogP contribution in [0.3, 0.4) is 0 Å². The summed E-state index contributed by atoms with van der Waals surface area (Å²) < 4.78 is 5.36. The van der Waals surface area contributed by atoms with E-state index in [0.29, 0.717) is 17.6 Å². The van der Waals surface area contributed by atoms with Gasteiger partial charge >= 0.3 is 0 Å². The summed E-state index contributed by atoms with van der Waals surface area (Å²) in [7, 11) is 1.66. The molecule has 142 valence electrons. The monoisotopic (exact) mass is 367 g/mol. The molecule has 1 aliphatic heterocycles. The smallest absolute Gasteiger partial charge is 0.118 e. The van der Waals surface area contributed by atoms with Crippen LogP contribution in [-0.4, -0.2) is 38.5 Å². The molecule has 0 unspecified atom stereocenters. The Morgan fingerprint density at radius 2 is 2.00 bits per heavy atom. The second kappa shape index (κ2) is 14.8. The number of hydrogen-bond acceptors (Lipinski definition) is 3. The molecule has 0 aromatic carbocycles. The molecule has 0 atom stereocenters. The zero-order valence-corrected chi connectivity index (χ0v) is 16.9. The lowest BCUT2D eigenvalue weighted by atomic mass is 10.0.